The van der Waals surface area contributed by atoms with E-state index >= 15 is 0 Å². The average molecular weight is 491 g/mol. The topological polar surface area (TPSA) is 63.9 Å². The highest BCUT2D eigenvalue weighted by atomic mass is 127. The van der Waals surface area contributed by atoms with Crippen LogP contribution in [0.5, 0.6) is 0 Å². The molecule has 7 nitrogen and oxygen atoms in total. The first-order valence-corrected chi connectivity index (χ1v) is 9.97. The van der Waals surface area contributed by atoms with Crippen LogP contribution in [0, 0.1) is 0 Å². The molecule has 27 heavy (non-hydrogen) atoms. The van der Waals surface area contributed by atoms with E-state index < -0.39 is 0 Å². The highest BCUT2D eigenvalue weighted by Crippen LogP contribution is 2.26. The molecule has 0 amide bonds. The SMILES string of the molecule is CCNC(=NCCCOCC1CCCO1)N1CCC(c2cnn(C)c2)C1.I. The van der Waals surface area contributed by atoms with Crippen molar-refractivity contribution in [3.63, 3.8) is 0 Å². The summed E-state index contributed by atoms with van der Waals surface area (Å²) in [7, 11) is 1.97. The summed E-state index contributed by atoms with van der Waals surface area (Å²) in [5, 5.41) is 7.74. The Labute approximate surface area is 179 Å². The quantitative estimate of drug-likeness (QED) is 0.262. The minimum Gasteiger partial charge on any atom is -0.379 e. The lowest BCUT2D eigenvalue weighted by Crippen LogP contribution is -2.40. The maximum atomic E-state index is 5.72. The van der Waals surface area contributed by atoms with E-state index in [-0.39, 0.29) is 24.0 Å². The van der Waals surface area contributed by atoms with Crippen LogP contribution in [0.1, 0.15) is 44.1 Å². The van der Waals surface area contributed by atoms with Gasteiger partial charge in [0.25, 0.3) is 0 Å². The Kier molecular flexibility index (Phi) is 9.84. The fourth-order valence-corrected chi connectivity index (χ4v) is 3.64. The average Bonchev–Trinajstić information content (AvgIpc) is 3.38. The Balaban J connectivity index is 0.00000261. The van der Waals surface area contributed by atoms with Crippen LogP contribution >= 0.6 is 24.0 Å². The zero-order valence-electron chi connectivity index (χ0n) is 16.6. The van der Waals surface area contributed by atoms with E-state index in [4.69, 9.17) is 14.5 Å². The molecule has 2 aliphatic heterocycles. The van der Waals surface area contributed by atoms with E-state index in [1.807, 2.05) is 17.9 Å². The van der Waals surface area contributed by atoms with Crippen molar-refractivity contribution >= 4 is 29.9 Å². The van der Waals surface area contributed by atoms with Crippen LogP contribution in [-0.4, -0.2) is 72.7 Å². The van der Waals surface area contributed by atoms with Crippen molar-refractivity contribution in [1.29, 1.82) is 0 Å². The molecule has 0 aliphatic carbocycles. The first-order valence-electron chi connectivity index (χ1n) is 9.97. The standard InChI is InChI=1S/C19H33N5O2.HI/c1-3-20-19(21-8-5-10-25-15-18-6-4-11-26-18)24-9-7-16(14-24)17-12-22-23(2)13-17;/h12-13,16,18H,3-11,14-15H2,1-2H3,(H,20,21);1H. The van der Waals surface area contributed by atoms with E-state index in [1.54, 1.807) is 0 Å². The van der Waals surface area contributed by atoms with Crippen LogP contribution < -0.4 is 5.32 Å². The Bertz CT molecular complexity index is 574. The van der Waals surface area contributed by atoms with Crippen LogP contribution in [0.25, 0.3) is 0 Å². The van der Waals surface area contributed by atoms with Crippen LogP contribution in [0.3, 0.4) is 0 Å². The van der Waals surface area contributed by atoms with Gasteiger partial charge in [-0.1, -0.05) is 0 Å². The third-order valence-electron chi connectivity index (χ3n) is 5.06. The number of aromatic nitrogens is 2. The largest absolute Gasteiger partial charge is 0.379 e. The monoisotopic (exact) mass is 491 g/mol. The summed E-state index contributed by atoms with van der Waals surface area (Å²) >= 11 is 0. The van der Waals surface area contributed by atoms with Gasteiger partial charge in [-0.2, -0.15) is 5.10 Å². The molecule has 3 rings (SSSR count). The lowest BCUT2D eigenvalue weighted by atomic mass is 10.0. The molecule has 3 heterocycles. The zero-order chi connectivity index (χ0) is 18.2. The first kappa shape index (κ1) is 22.4. The first-order chi connectivity index (χ1) is 12.8. The predicted octanol–water partition coefficient (Wildman–Crippen LogP) is 2.38. The van der Waals surface area contributed by atoms with Crippen molar-refractivity contribution in [3.05, 3.63) is 18.0 Å². The summed E-state index contributed by atoms with van der Waals surface area (Å²) in [6.07, 6.45) is 8.83. The Morgan fingerprint density at radius 2 is 2.33 bits per heavy atom. The number of aryl methyl sites for hydroxylation is 1. The van der Waals surface area contributed by atoms with Gasteiger partial charge in [-0.3, -0.25) is 9.67 Å². The number of likely N-dealkylation sites (tertiary alicyclic amines) is 1. The van der Waals surface area contributed by atoms with Gasteiger partial charge in [0.05, 0.1) is 18.9 Å². The number of halogens is 1. The van der Waals surface area contributed by atoms with Crippen molar-refractivity contribution in [2.24, 2.45) is 12.0 Å². The molecule has 0 bridgehead atoms. The lowest BCUT2D eigenvalue weighted by molar-refractivity contribution is 0.0170. The van der Waals surface area contributed by atoms with Crippen LogP contribution in [0.2, 0.25) is 0 Å². The van der Waals surface area contributed by atoms with Crippen molar-refractivity contribution in [3.8, 4) is 0 Å². The number of ether oxygens (including phenoxy) is 2. The molecular weight excluding hydrogens is 457 g/mol. The van der Waals surface area contributed by atoms with E-state index in [9.17, 15) is 0 Å². The van der Waals surface area contributed by atoms with Crippen LogP contribution in [-0.2, 0) is 16.5 Å². The Morgan fingerprint density at radius 3 is 3.04 bits per heavy atom. The van der Waals surface area contributed by atoms with Crippen molar-refractivity contribution in [2.75, 3.05) is 46.0 Å². The number of hydrogen-bond acceptors (Lipinski definition) is 4. The van der Waals surface area contributed by atoms with E-state index in [1.165, 1.54) is 12.0 Å². The minimum atomic E-state index is 0. The van der Waals surface area contributed by atoms with E-state index in [2.05, 4.69) is 28.4 Å². The van der Waals surface area contributed by atoms with Crippen LogP contribution in [0.4, 0.5) is 0 Å². The number of hydrogen-bond donors (Lipinski definition) is 1. The summed E-state index contributed by atoms with van der Waals surface area (Å²) in [5.74, 6) is 1.57. The summed E-state index contributed by atoms with van der Waals surface area (Å²) < 4.78 is 13.2. The molecule has 2 saturated heterocycles. The highest BCUT2D eigenvalue weighted by Gasteiger charge is 2.26. The molecule has 1 aromatic heterocycles. The molecule has 0 spiro atoms. The van der Waals surface area contributed by atoms with Gasteiger partial charge in [-0.25, -0.2) is 0 Å². The molecule has 2 aliphatic rings. The third kappa shape index (κ3) is 6.90. The van der Waals surface area contributed by atoms with Crippen LogP contribution in [0.15, 0.2) is 17.4 Å². The molecule has 2 fully saturated rings. The molecular formula is C19H34IN5O2. The molecule has 0 saturated carbocycles. The summed E-state index contributed by atoms with van der Waals surface area (Å²) in [6, 6.07) is 0. The third-order valence-corrected chi connectivity index (χ3v) is 5.06. The van der Waals surface area contributed by atoms with Gasteiger partial charge in [0.1, 0.15) is 0 Å². The van der Waals surface area contributed by atoms with Crippen molar-refractivity contribution in [1.82, 2.24) is 20.0 Å². The number of nitrogens with zero attached hydrogens (tertiary/aromatic N) is 4. The molecule has 2 atom stereocenters. The fourth-order valence-electron chi connectivity index (χ4n) is 3.64. The Morgan fingerprint density at radius 1 is 1.44 bits per heavy atom. The van der Waals surface area contributed by atoms with E-state index in [0.717, 1.165) is 71.2 Å². The number of rotatable bonds is 8. The fraction of sp³-hybridized carbons (Fsp3) is 0.789. The molecule has 8 heteroatoms. The maximum absolute atomic E-state index is 5.72. The van der Waals surface area contributed by atoms with Gasteiger partial charge in [0, 0.05) is 58.6 Å². The predicted molar refractivity (Wildman–Crippen MR) is 118 cm³/mol. The molecule has 0 radical (unpaired) electrons. The molecule has 1 aromatic rings. The van der Waals surface area contributed by atoms with E-state index in [0.29, 0.717) is 12.0 Å². The second-order valence-corrected chi connectivity index (χ2v) is 7.18. The smallest absolute Gasteiger partial charge is 0.193 e. The minimum absolute atomic E-state index is 0. The molecule has 1 N–H and O–H groups in total. The lowest BCUT2D eigenvalue weighted by Gasteiger charge is -2.21. The number of nitrogens with one attached hydrogen (secondary N) is 1. The van der Waals surface area contributed by atoms with Gasteiger partial charge < -0.3 is 19.7 Å². The number of aliphatic imine (C=N–C) groups is 1. The van der Waals surface area contributed by atoms with Gasteiger partial charge in [-0.15, -0.1) is 24.0 Å². The summed E-state index contributed by atoms with van der Waals surface area (Å²) in [4.78, 5) is 7.17. The van der Waals surface area contributed by atoms with Gasteiger partial charge in [0.15, 0.2) is 5.96 Å². The Hall–Kier alpha value is -0.870. The second kappa shape index (κ2) is 11.9. The highest BCUT2D eigenvalue weighted by molar-refractivity contribution is 14.0. The zero-order valence-corrected chi connectivity index (χ0v) is 18.9. The maximum Gasteiger partial charge on any atom is 0.193 e. The summed E-state index contributed by atoms with van der Waals surface area (Å²) in [5.41, 5.74) is 1.33. The van der Waals surface area contributed by atoms with Crippen molar-refractivity contribution < 1.29 is 9.47 Å². The summed E-state index contributed by atoms with van der Waals surface area (Å²) in [6.45, 7) is 8.22. The second-order valence-electron chi connectivity index (χ2n) is 7.18. The normalized spacial score (nSPS) is 22.9. The van der Waals surface area contributed by atoms with Gasteiger partial charge in [-0.05, 0) is 38.2 Å². The van der Waals surface area contributed by atoms with Gasteiger partial charge in [0.2, 0.25) is 0 Å². The molecule has 0 aromatic carbocycles. The van der Waals surface area contributed by atoms with Gasteiger partial charge >= 0.3 is 0 Å². The molecule has 154 valence electrons. The molecule has 2 unspecified atom stereocenters. The number of guanidine groups is 1. The van der Waals surface area contributed by atoms with Crippen molar-refractivity contribution in [2.45, 2.75) is 44.6 Å².